The van der Waals surface area contributed by atoms with Gasteiger partial charge < -0.3 is 16.6 Å². The van der Waals surface area contributed by atoms with E-state index in [2.05, 4.69) is 0 Å². The van der Waals surface area contributed by atoms with Gasteiger partial charge in [-0.05, 0) is 44.4 Å². The van der Waals surface area contributed by atoms with Crippen LogP contribution in [0.4, 0.5) is 5.69 Å². The molecule has 0 aliphatic rings. The molecule has 0 atom stereocenters. The predicted octanol–water partition coefficient (Wildman–Crippen LogP) is 1.64. The third-order valence-electron chi connectivity index (χ3n) is 2.15. The summed E-state index contributed by atoms with van der Waals surface area (Å²) in [5, 5.41) is 9.22. The normalized spacial score (nSPS) is 11.6. The molecular weight excluding hydrogens is 176 g/mol. The van der Waals surface area contributed by atoms with Crippen LogP contribution in [0.25, 0.3) is 0 Å². The van der Waals surface area contributed by atoms with E-state index in [1.165, 1.54) is 0 Å². The lowest BCUT2D eigenvalue weighted by molar-refractivity contribution is 0.473. The number of nitrogens with two attached hydrogens (primary N) is 2. The van der Waals surface area contributed by atoms with E-state index in [1.807, 2.05) is 19.9 Å². The minimum absolute atomic E-state index is 0.140. The summed E-state index contributed by atoms with van der Waals surface area (Å²) in [7, 11) is 0. The second-order valence-electron chi connectivity index (χ2n) is 4.38. The Morgan fingerprint density at radius 3 is 2.50 bits per heavy atom. The maximum atomic E-state index is 9.22. The topological polar surface area (TPSA) is 72.3 Å². The molecule has 0 fully saturated rings. The van der Waals surface area contributed by atoms with E-state index < -0.39 is 0 Å². The summed E-state index contributed by atoms with van der Waals surface area (Å²) >= 11 is 0. The molecule has 0 saturated carbocycles. The van der Waals surface area contributed by atoms with Gasteiger partial charge in [0.2, 0.25) is 0 Å². The summed E-state index contributed by atoms with van der Waals surface area (Å²) in [5.41, 5.74) is 12.8. The van der Waals surface area contributed by atoms with Gasteiger partial charge in [0.1, 0.15) is 5.75 Å². The van der Waals surface area contributed by atoms with Crippen molar-refractivity contribution < 1.29 is 5.11 Å². The molecule has 0 spiro atoms. The largest absolute Gasteiger partial charge is 0.506 e. The number of hydrogen-bond acceptors (Lipinski definition) is 3. The van der Waals surface area contributed by atoms with Gasteiger partial charge in [-0.25, -0.2) is 0 Å². The van der Waals surface area contributed by atoms with E-state index in [9.17, 15) is 5.11 Å². The van der Waals surface area contributed by atoms with E-state index >= 15 is 0 Å². The van der Waals surface area contributed by atoms with Crippen molar-refractivity contribution in [1.82, 2.24) is 0 Å². The van der Waals surface area contributed by atoms with Crippen LogP contribution in [-0.4, -0.2) is 10.6 Å². The molecule has 0 heterocycles. The summed E-state index contributed by atoms with van der Waals surface area (Å²) in [6.45, 7) is 3.99. The number of phenolic OH excluding ortho intramolecular Hbond substituents is 1. The Labute approximate surface area is 84.7 Å². The van der Waals surface area contributed by atoms with Gasteiger partial charge in [0.15, 0.2) is 0 Å². The van der Waals surface area contributed by atoms with Crippen LogP contribution in [0.5, 0.6) is 5.75 Å². The summed E-state index contributed by atoms with van der Waals surface area (Å²) in [5.74, 6) is 0.140. The molecule has 0 amide bonds. The molecule has 1 aromatic carbocycles. The molecule has 0 aromatic heterocycles. The molecule has 3 nitrogen and oxygen atoms in total. The Morgan fingerprint density at radius 1 is 1.36 bits per heavy atom. The van der Waals surface area contributed by atoms with Crippen molar-refractivity contribution in [2.75, 3.05) is 5.73 Å². The number of anilines is 1. The lowest BCUT2D eigenvalue weighted by atomic mass is 9.96. The maximum absolute atomic E-state index is 9.22. The van der Waals surface area contributed by atoms with Crippen molar-refractivity contribution >= 4 is 5.69 Å². The zero-order valence-corrected chi connectivity index (χ0v) is 8.75. The van der Waals surface area contributed by atoms with Crippen molar-refractivity contribution in [3.63, 3.8) is 0 Å². The molecule has 3 heteroatoms. The van der Waals surface area contributed by atoms with Crippen LogP contribution < -0.4 is 11.5 Å². The molecule has 0 radical (unpaired) electrons. The van der Waals surface area contributed by atoms with Gasteiger partial charge in [0, 0.05) is 5.54 Å². The Balaban J connectivity index is 2.65. The molecule has 0 unspecified atom stereocenters. The SMILES string of the molecule is CC(C)(N)CCc1ccc(O)c(N)c1. The lowest BCUT2D eigenvalue weighted by Crippen LogP contribution is -2.32. The Bertz CT molecular complexity index is 316. The predicted molar refractivity (Wildman–Crippen MR) is 59.1 cm³/mol. The van der Waals surface area contributed by atoms with E-state index in [4.69, 9.17) is 11.5 Å². The van der Waals surface area contributed by atoms with Gasteiger partial charge in [-0.2, -0.15) is 0 Å². The Hall–Kier alpha value is -1.22. The number of aryl methyl sites for hydroxylation is 1. The van der Waals surface area contributed by atoms with Crippen molar-refractivity contribution in [3.05, 3.63) is 23.8 Å². The fraction of sp³-hybridized carbons (Fsp3) is 0.455. The molecule has 1 aromatic rings. The molecule has 0 bridgehead atoms. The summed E-state index contributed by atoms with van der Waals surface area (Å²) in [4.78, 5) is 0. The number of benzene rings is 1. The third kappa shape index (κ3) is 3.26. The minimum atomic E-state index is -0.160. The van der Waals surface area contributed by atoms with Gasteiger partial charge in [0.25, 0.3) is 0 Å². The highest BCUT2D eigenvalue weighted by molar-refractivity contribution is 5.53. The third-order valence-corrected chi connectivity index (χ3v) is 2.15. The highest BCUT2D eigenvalue weighted by Crippen LogP contribution is 2.22. The number of phenols is 1. The fourth-order valence-electron chi connectivity index (χ4n) is 1.23. The highest BCUT2D eigenvalue weighted by Gasteiger charge is 2.10. The average molecular weight is 194 g/mol. The van der Waals surface area contributed by atoms with Crippen LogP contribution >= 0.6 is 0 Å². The molecule has 0 aliphatic heterocycles. The summed E-state index contributed by atoms with van der Waals surface area (Å²) in [6, 6.07) is 5.28. The number of rotatable bonds is 3. The number of aromatic hydroxyl groups is 1. The van der Waals surface area contributed by atoms with Gasteiger partial charge in [0.05, 0.1) is 5.69 Å². The molecule has 0 aliphatic carbocycles. The van der Waals surface area contributed by atoms with Gasteiger partial charge in [-0.3, -0.25) is 0 Å². The summed E-state index contributed by atoms with van der Waals surface area (Å²) < 4.78 is 0. The average Bonchev–Trinajstić information content (AvgIpc) is 2.06. The first kappa shape index (κ1) is 10.9. The smallest absolute Gasteiger partial charge is 0.138 e. The minimum Gasteiger partial charge on any atom is -0.506 e. The monoisotopic (exact) mass is 194 g/mol. The van der Waals surface area contributed by atoms with E-state index in [0.717, 1.165) is 18.4 Å². The van der Waals surface area contributed by atoms with Gasteiger partial charge in [-0.15, -0.1) is 0 Å². The highest BCUT2D eigenvalue weighted by atomic mass is 16.3. The van der Waals surface area contributed by atoms with Crippen LogP contribution in [0, 0.1) is 0 Å². The van der Waals surface area contributed by atoms with Gasteiger partial charge >= 0.3 is 0 Å². The van der Waals surface area contributed by atoms with E-state index in [0.29, 0.717) is 5.69 Å². The molecule has 78 valence electrons. The maximum Gasteiger partial charge on any atom is 0.138 e. The summed E-state index contributed by atoms with van der Waals surface area (Å²) in [6.07, 6.45) is 1.78. The first-order valence-corrected chi connectivity index (χ1v) is 4.75. The lowest BCUT2D eigenvalue weighted by Gasteiger charge is -2.18. The van der Waals surface area contributed by atoms with Crippen LogP contribution in [0.15, 0.2) is 18.2 Å². The molecule has 5 N–H and O–H groups in total. The first-order chi connectivity index (χ1) is 6.38. The Morgan fingerprint density at radius 2 is 2.00 bits per heavy atom. The van der Waals surface area contributed by atoms with Crippen molar-refractivity contribution in [2.24, 2.45) is 5.73 Å². The fourth-order valence-corrected chi connectivity index (χ4v) is 1.23. The van der Waals surface area contributed by atoms with Crippen LogP contribution in [0.3, 0.4) is 0 Å². The standard InChI is InChI=1S/C11H18N2O/c1-11(2,13)6-5-8-3-4-10(14)9(12)7-8/h3-4,7,14H,5-6,12-13H2,1-2H3. The number of hydrogen-bond donors (Lipinski definition) is 3. The zero-order chi connectivity index (χ0) is 10.8. The van der Waals surface area contributed by atoms with E-state index in [-0.39, 0.29) is 11.3 Å². The molecule has 14 heavy (non-hydrogen) atoms. The van der Waals surface area contributed by atoms with E-state index in [1.54, 1.807) is 12.1 Å². The molecular formula is C11H18N2O. The van der Waals surface area contributed by atoms with Crippen molar-refractivity contribution in [2.45, 2.75) is 32.2 Å². The van der Waals surface area contributed by atoms with Crippen LogP contribution in [-0.2, 0) is 6.42 Å². The van der Waals surface area contributed by atoms with Crippen molar-refractivity contribution in [1.29, 1.82) is 0 Å². The van der Waals surface area contributed by atoms with Crippen molar-refractivity contribution in [3.8, 4) is 5.75 Å². The van der Waals surface area contributed by atoms with Gasteiger partial charge in [-0.1, -0.05) is 6.07 Å². The molecule has 0 saturated heterocycles. The second kappa shape index (κ2) is 3.88. The first-order valence-electron chi connectivity index (χ1n) is 4.75. The quantitative estimate of drug-likeness (QED) is 0.506. The second-order valence-corrected chi connectivity index (χ2v) is 4.38. The molecule has 1 rings (SSSR count). The number of nitrogen functional groups attached to an aromatic ring is 1. The van der Waals surface area contributed by atoms with Crippen LogP contribution in [0.1, 0.15) is 25.8 Å². The zero-order valence-electron chi connectivity index (χ0n) is 8.75. The Kier molecular flexibility index (Phi) is 3.01. The van der Waals surface area contributed by atoms with Crippen LogP contribution in [0.2, 0.25) is 0 Å².